The number of fused-ring (bicyclic) bond motifs is 1. The van der Waals surface area contributed by atoms with Crippen LogP contribution in [0.3, 0.4) is 0 Å². The first-order chi connectivity index (χ1) is 11.9. The molecule has 0 amide bonds. The third-order valence-corrected chi connectivity index (χ3v) is 4.86. The quantitative estimate of drug-likeness (QED) is 0.822. The zero-order chi connectivity index (χ0) is 18.2. The lowest BCUT2D eigenvalue weighted by molar-refractivity contribution is -0.0801. The van der Waals surface area contributed by atoms with Gasteiger partial charge in [0.1, 0.15) is 17.5 Å². The normalized spacial score (nSPS) is 25.9. The van der Waals surface area contributed by atoms with Gasteiger partial charge in [0.25, 0.3) is 0 Å². The van der Waals surface area contributed by atoms with Crippen LogP contribution in [0.1, 0.15) is 37.9 Å². The number of aliphatic hydroxyl groups excluding tert-OH is 1. The molecule has 0 spiro atoms. The number of likely N-dealkylation sites (N-methyl/N-ethyl adjacent to an activating group) is 1. The molecule has 2 atom stereocenters. The standard InChI is InChI=1S/C18H21N5O2/c1-4-22-7-8-23(17(22)21-11-20)15-13-9-12(10-19)5-6-14(13)25-18(2,3)16(15)24/h5-6,9,15-16,24H,4,7-8H2,1-3H3/b21-17+/t15-,16+/m0/s1. The van der Waals surface area contributed by atoms with Crippen LogP contribution in [0.5, 0.6) is 5.75 Å². The third-order valence-electron chi connectivity index (χ3n) is 4.86. The lowest BCUT2D eigenvalue weighted by atomic mass is 9.85. The highest BCUT2D eigenvalue weighted by Crippen LogP contribution is 2.44. The largest absolute Gasteiger partial charge is 0.485 e. The number of hydrogen-bond donors (Lipinski definition) is 1. The van der Waals surface area contributed by atoms with E-state index in [1.807, 2.05) is 36.8 Å². The van der Waals surface area contributed by atoms with Gasteiger partial charge >= 0.3 is 0 Å². The van der Waals surface area contributed by atoms with E-state index in [0.29, 0.717) is 23.8 Å². The van der Waals surface area contributed by atoms with Crippen LogP contribution in [-0.4, -0.2) is 52.2 Å². The molecule has 0 aromatic heterocycles. The van der Waals surface area contributed by atoms with Crippen molar-refractivity contribution in [3.05, 3.63) is 29.3 Å². The maximum Gasteiger partial charge on any atom is 0.213 e. The molecule has 2 aliphatic rings. The number of rotatable bonds is 2. The van der Waals surface area contributed by atoms with Gasteiger partial charge in [-0.2, -0.15) is 10.5 Å². The Morgan fingerprint density at radius 3 is 2.76 bits per heavy atom. The molecule has 7 heteroatoms. The number of aliphatic hydroxyl groups is 1. The number of benzene rings is 1. The summed E-state index contributed by atoms with van der Waals surface area (Å²) in [5.41, 5.74) is 0.447. The molecule has 1 fully saturated rings. The van der Waals surface area contributed by atoms with Crippen LogP contribution in [0.2, 0.25) is 0 Å². The molecule has 0 bridgehead atoms. The molecule has 0 aliphatic carbocycles. The maximum atomic E-state index is 11.0. The van der Waals surface area contributed by atoms with Gasteiger partial charge in [0.2, 0.25) is 12.2 Å². The Bertz CT molecular complexity index is 790. The van der Waals surface area contributed by atoms with Gasteiger partial charge in [-0.25, -0.2) is 0 Å². The van der Waals surface area contributed by atoms with Crippen molar-refractivity contribution < 1.29 is 9.84 Å². The van der Waals surface area contributed by atoms with Crippen LogP contribution >= 0.6 is 0 Å². The predicted molar refractivity (Wildman–Crippen MR) is 91.6 cm³/mol. The van der Waals surface area contributed by atoms with Crippen LogP contribution in [-0.2, 0) is 0 Å². The lowest BCUT2D eigenvalue weighted by Crippen LogP contribution is -2.54. The molecule has 0 saturated carbocycles. The topological polar surface area (TPSA) is 95.9 Å². The van der Waals surface area contributed by atoms with E-state index in [1.165, 1.54) is 0 Å². The molecule has 130 valence electrons. The summed E-state index contributed by atoms with van der Waals surface area (Å²) in [4.78, 5) is 7.94. The number of nitrogens with zero attached hydrogens (tertiary/aromatic N) is 5. The van der Waals surface area contributed by atoms with E-state index in [0.717, 1.165) is 18.7 Å². The molecule has 7 nitrogen and oxygen atoms in total. The molecule has 0 unspecified atom stereocenters. The highest BCUT2D eigenvalue weighted by Gasteiger charge is 2.48. The minimum absolute atomic E-state index is 0.435. The Morgan fingerprint density at radius 1 is 1.36 bits per heavy atom. The summed E-state index contributed by atoms with van der Waals surface area (Å²) in [5, 5.41) is 29.3. The lowest BCUT2D eigenvalue weighted by Gasteiger charge is -2.45. The number of hydrogen-bond acceptors (Lipinski definition) is 5. The summed E-state index contributed by atoms with van der Waals surface area (Å²) < 4.78 is 5.96. The fraction of sp³-hybridized carbons (Fsp3) is 0.500. The summed E-state index contributed by atoms with van der Waals surface area (Å²) >= 11 is 0. The van der Waals surface area contributed by atoms with Crippen LogP contribution in [0.15, 0.2) is 23.2 Å². The molecule has 1 saturated heterocycles. The Balaban J connectivity index is 2.13. The van der Waals surface area contributed by atoms with E-state index in [2.05, 4.69) is 11.1 Å². The second kappa shape index (κ2) is 6.27. The molecule has 3 rings (SSSR count). The van der Waals surface area contributed by atoms with E-state index in [-0.39, 0.29) is 0 Å². The average Bonchev–Trinajstić information content (AvgIpc) is 2.98. The average molecular weight is 339 g/mol. The predicted octanol–water partition coefficient (Wildman–Crippen LogP) is 1.61. The van der Waals surface area contributed by atoms with Crippen LogP contribution in [0.4, 0.5) is 0 Å². The maximum absolute atomic E-state index is 11.0. The van der Waals surface area contributed by atoms with Crippen molar-refractivity contribution in [1.82, 2.24) is 9.80 Å². The molecular weight excluding hydrogens is 318 g/mol. The van der Waals surface area contributed by atoms with Gasteiger partial charge in [-0.05, 0) is 39.0 Å². The summed E-state index contributed by atoms with van der Waals surface area (Å²) in [6.07, 6.45) is 1.03. The van der Waals surface area contributed by atoms with Gasteiger partial charge in [0, 0.05) is 25.2 Å². The van der Waals surface area contributed by atoms with Crippen LogP contribution in [0, 0.1) is 22.8 Å². The summed E-state index contributed by atoms with van der Waals surface area (Å²) in [5.74, 6) is 1.20. The minimum Gasteiger partial charge on any atom is -0.485 e. The zero-order valence-corrected chi connectivity index (χ0v) is 14.6. The van der Waals surface area contributed by atoms with E-state index in [1.54, 1.807) is 18.2 Å². The van der Waals surface area contributed by atoms with Gasteiger partial charge in [0.15, 0.2) is 0 Å². The Labute approximate surface area is 147 Å². The number of nitriles is 2. The smallest absolute Gasteiger partial charge is 0.213 e. The molecule has 0 radical (unpaired) electrons. The van der Waals surface area contributed by atoms with Crippen molar-refractivity contribution in [3.8, 4) is 18.0 Å². The minimum atomic E-state index is -0.838. The highest BCUT2D eigenvalue weighted by molar-refractivity contribution is 5.83. The molecule has 25 heavy (non-hydrogen) atoms. The van der Waals surface area contributed by atoms with Gasteiger partial charge in [-0.3, -0.25) is 0 Å². The molecule has 1 aromatic carbocycles. The number of ether oxygens (including phenoxy) is 1. The second-order valence-electron chi connectivity index (χ2n) is 6.74. The van der Waals surface area contributed by atoms with Crippen molar-refractivity contribution in [1.29, 1.82) is 10.5 Å². The molecule has 2 aliphatic heterocycles. The Hall–Kier alpha value is -2.77. The van der Waals surface area contributed by atoms with Crippen molar-refractivity contribution >= 4 is 5.96 Å². The van der Waals surface area contributed by atoms with Gasteiger partial charge in [-0.15, -0.1) is 4.99 Å². The molecule has 2 heterocycles. The molecule has 1 aromatic rings. The van der Waals surface area contributed by atoms with Gasteiger partial charge in [0.05, 0.1) is 17.7 Å². The van der Waals surface area contributed by atoms with Crippen molar-refractivity contribution in [2.45, 2.75) is 38.5 Å². The Kier molecular flexibility index (Phi) is 4.28. The van der Waals surface area contributed by atoms with E-state index in [9.17, 15) is 10.4 Å². The van der Waals surface area contributed by atoms with E-state index >= 15 is 0 Å². The summed E-state index contributed by atoms with van der Waals surface area (Å²) in [6, 6.07) is 6.92. The SMILES string of the molecule is CCN1CCN([C@H]2c3cc(C#N)ccc3OC(C)(C)[C@@H]2O)/C1=N/C#N. The van der Waals surface area contributed by atoms with Gasteiger partial charge in [-0.1, -0.05) is 0 Å². The number of aliphatic imine (C=N–C) groups is 1. The van der Waals surface area contributed by atoms with Crippen molar-refractivity contribution in [2.75, 3.05) is 19.6 Å². The first-order valence-electron chi connectivity index (χ1n) is 8.32. The van der Waals surface area contributed by atoms with Gasteiger partial charge < -0.3 is 19.6 Å². The highest BCUT2D eigenvalue weighted by atomic mass is 16.5. The fourth-order valence-corrected chi connectivity index (χ4v) is 3.53. The van der Waals surface area contributed by atoms with E-state index in [4.69, 9.17) is 10.00 Å². The third kappa shape index (κ3) is 2.77. The van der Waals surface area contributed by atoms with Crippen molar-refractivity contribution in [2.24, 2.45) is 4.99 Å². The molecular formula is C18H21N5O2. The first kappa shape index (κ1) is 17.1. The fourth-order valence-electron chi connectivity index (χ4n) is 3.53. The molecule has 1 N–H and O–H groups in total. The van der Waals surface area contributed by atoms with Crippen molar-refractivity contribution in [3.63, 3.8) is 0 Å². The first-order valence-corrected chi connectivity index (χ1v) is 8.32. The van der Waals surface area contributed by atoms with E-state index < -0.39 is 17.7 Å². The number of guanidine groups is 1. The monoisotopic (exact) mass is 339 g/mol. The van der Waals surface area contributed by atoms with Crippen LogP contribution < -0.4 is 4.74 Å². The second-order valence-corrected chi connectivity index (χ2v) is 6.74. The Morgan fingerprint density at radius 2 is 2.12 bits per heavy atom. The summed E-state index contributed by atoms with van der Waals surface area (Å²) in [7, 11) is 0. The zero-order valence-electron chi connectivity index (χ0n) is 14.6. The van der Waals surface area contributed by atoms with Crippen LogP contribution in [0.25, 0.3) is 0 Å². The summed E-state index contributed by atoms with van der Waals surface area (Å²) in [6.45, 7) is 7.77.